The highest BCUT2D eigenvalue weighted by Crippen LogP contribution is 2.29. The van der Waals surface area contributed by atoms with Gasteiger partial charge >= 0.3 is 5.97 Å². The van der Waals surface area contributed by atoms with Crippen LogP contribution in [0.2, 0.25) is 0 Å². The highest BCUT2D eigenvalue weighted by Gasteiger charge is 2.16. The Balaban J connectivity index is 1.87. The van der Waals surface area contributed by atoms with Gasteiger partial charge in [0, 0.05) is 11.6 Å². The fourth-order valence-corrected chi connectivity index (χ4v) is 2.60. The molecule has 0 radical (unpaired) electrons. The van der Waals surface area contributed by atoms with Gasteiger partial charge in [-0.05, 0) is 48.9 Å². The normalized spacial score (nSPS) is 11.6. The molecule has 1 atom stereocenters. The second kappa shape index (κ2) is 10.8. The van der Waals surface area contributed by atoms with Gasteiger partial charge in [0.05, 0.1) is 27.4 Å². The fraction of sp³-hybridized carbons (Fsp3) is 0.273. The van der Waals surface area contributed by atoms with Crippen molar-refractivity contribution < 1.29 is 28.5 Å². The van der Waals surface area contributed by atoms with Crippen LogP contribution in [0.5, 0.6) is 17.2 Å². The van der Waals surface area contributed by atoms with Crippen molar-refractivity contribution in [1.82, 2.24) is 5.32 Å². The van der Waals surface area contributed by atoms with Gasteiger partial charge in [0.2, 0.25) is 0 Å². The lowest BCUT2D eigenvalue weighted by Gasteiger charge is -2.18. The first-order chi connectivity index (χ1) is 14.0. The van der Waals surface area contributed by atoms with Crippen LogP contribution in [-0.4, -0.2) is 39.8 Å². The van der Waals surface area contributed by atoms with Crippen LogP contribution in [0.15, 0.2) is 48.5 Å². The summed E-state index contributed by atoms with van der Waals surface area (Å²) in [6.45, 7) is 1.42. The molecule has 2 aromatic carbocycles. The van der Waals surface area contributed by atoms with Crippen LogP contribution in [0.4, 0.5) is 0 Å². The summed E-state index contributed by atoms with van der Waals surface area (Å²) < 4.78 is 20.6. The standard InChI is InChI=1S/C22H25NO6/c1-15(19-13-18(27-3)10-11-20(19)28-4)23-21(24)14-29-22(25)12-7-16-5-8-17(26-2)9-6-16/h5-13,15H,14H2,1-4H3,(H,23,24)/b12-7+/t15-/m1/s1. The third-order valence-electron chi connectivity index (χ3n) is 4.15. The number of rotatable bonds is 9. The zero-order chi connectivity index (χ0) is 21.2. The van der Waals surface area contributed by atoms with E-state index in [0.717, 1.165) is 16.9 Å². The molecule has 0 saturated heterocycles. The van der Waals surface area contributed by atoms with Gasteiger partial charge in [-0.3, -0.25) is 4.79 Å². The predicted octanol–water partition coefficient (Wildman–Crippen LogP) is 3.15. The molecule has 0 aliphatic rings. The van der Waals surface area contributed by atoms with Crippen LogP contribution >= 0.6 is 0 Å². The number of hydrogen-bond acceptors (Lipinski definition) is 6. The van der Waals surface area contributed by atoms with Crippen molar-refractivity contribution in [2.24, 2.45) is 0 Å². The van der Waals surface area contributed by atoms with E-state index in [2.05, 4.69) is 5.32 Å². The highest BCUT2D eigenvalue weighted by molar-refractivity contribution is 5.89. The third-order valence-corrected chi connectivity index (χ3v) is 4.15. The molecule has 7 nitrogen and oxygen atoms in total. The first-order valence-electron chi connectivity index (χ1n) is 8.97. The Morgan fingerprint density at radius 3 is 2.24 bits per heavy atom. The molecule has 0 unspecified atom stereocenters. The Kier molecular flexibility index (Phi) is 8.09. The van der Waals surface area contributed by atoms with Crippen molar-refractivity contribution in [3.05, 3.63) is 59.7 Å². The van der Waals surface area contributed by atoms with E-state index in [1.807, 2.05) is 0 Å². The van der Waals surface area contributed by atoms with Crippen molar-refractivity contribution in [2.45, 2.75) is 13.0 Å². The molecule has 0 heterocycles. The molecule has 2 rings (SSSR count). The SMILES string of the molecule is COc1ccc(/C=C/C(=O)OCC(=O)N[C@H](C)c2cc(OC)ccc2OC)cc1. The third kappa shape index (κ3) is 6.57. The Labute approximate surface area is 170 Å². The van der Waals surface area contributed by atoms with E-state index in [-0.39, 0.29) is 12.6 Å². The maximum atomic E-state index is 12.1. The fourth-order valence-electron chi connectivity index (χ4n) is 2.60. The molecule has 0 bridgehead atoms. The molecule has 1 amide bonds. The summed E-state index contributed by atoms with van der Waals surface area (Å²) in [5.41, 5.74) is 1.57. The number of carbonyl (C=O) groups excluding carboxylic acids is 2. The molecular weight excluding hydrogens is 374 g/mol. The summed E-state index contributed by atoms with van der Waals surface area (Å²) in [6, 6.07) is 12.1. The lowest BCUT2D eigenvalue weighted by molar-refractivity contribution is -0.144. The largest absolute Gasteiger partial charge is 0.497 e. The average molecular weight is 399 g/mol. The van der Waals surface area contributed by atoms with E-state index in [0.29, 0.717) is 11.5 Å². The summed E-state index contributed by atoms with van der Waals surface area (Å²) in [5, 5.41) is 2.77. The Morgan fingerprint density at radius 1 is 0.966 bits per heavy atom. The second-order valence-electron chi connectivity index (χ2n) is 6.11. The molecule has 1 N–H and O–H groups in total. The van der Waals surface area contributed by atoms with Crippen molar-refractivity contribution in [2.75, 3.05) is 27.9 Å². The smallest absolute Gasteiger partial charge is 0.331 e. The van der Waals surface area contributed by atoms with Gasteiger partial charge in [-0.2, -0.15) is 0 Å². The number of amides is 1. The summed E-state index contributed by atoms with van der Waals surface area (Å²) >= 11 is 0. The van der Waals surface area contributed by atoms with Crippen LogP contribution < -0.4 is 19.5 Å². The van der Waals surface area contributed by atoms with E-state index in [1.165, 1.54) is 6.08 Å². The predicted molar refractivity (Wildman–Crippen MR) is 109 cm³/mol. The molecule has 0 aliphatic carbocycles. The van der Waals surface area contributed by atoms with Crippen LogP contribution in [0.3, 0.4) is 0 Å². The summed E-state index contributed by atoms with van der Waals surface area (Å²) in [6.07, 6.45) is 2.87. The summed E-state index contributed by atoms with van der Waals surface area (Å²) in [7, 11) is 4.70. The van der Waals surface area contributed by atoms with Gasteiger partial charge in [-0.15, -0.1) is 0 Å². The molecule has 29 heavy (non-hydrogen) atoms. The number of methoxy groups -OCH3 is 3. The Morgan fingerprint density at radius 2 is 1.62 bits per heavy atom. The molecule has 0 aliphatic heterocycles. The molecule has 0 saturated carbocycles. The van der Waals surface area contributed by atoms with Gasteiger partial charge in [0.1, 0.15) is 17.2 Å². The number of nitrogens with one attached hydrogen (secondary N) is 1. The van der Waals surface area contributed by atoms with E-state index >= 15 is 0 Å². The van der Waals surface area contributed by atoms with E-state index in [4.69, 9.17) is 18.9 Å². The van der Waals surface area contributed by atoms with Gasteiger partial charge in [-0.1, -0.05) is 12.1 Å². The molecule has 7 heteroatoms. The molecule has 0 spiro atoms. The van der Waals surface area contributed by atoms with E-state index < -0.39 is 11.9 Å². The van der Waals surface area contributed by atoms with Crippen molar-refractivity contribution in [1.29, 1.82) is 0 Å². The molecule has 2 aromatic rings. The summed E-state index contributed by atoms with van der Waals surface area (Å²) in [5.74, 6) is 0.967. The maximum absolute atomic E-state index is 12.1. The zero-order valence-electron chi connectivity index (χ0n) is 16.9. The maximum Gasteiger partial charge on any atom is 0.331 e. The van der Waals surface area contributed by atoms with Gasteiger partial charge in [-0.25, -0.2) is 4.79 Å². The van der Waals surface area contributed by atoms with Crippen LogP contribution in [0.1, 0.15) is 24.1 Å². The Bertz CT molecular complexity index is 860. The average Bonchev–Trinajstić information content (AvgIpc) is 2.75. The minimum Gasteiger partial charge on any atom is -0.497 e. The van der Waals surface area contributed by atoms with Crippen LogP contribution in [0.25, 0.3) is 6.08 Å². The number of benzene rings is 2. The lowest BCUT2D eigenvalue weighted by Crippen LogP contribution is -2.31. The monoisotopic (exact) mass is 399 g/mol. The quantitative estimate of drug-likeness (QED) is 0.515. The topological polar surface area (TPSA) is 83.1 Å². The zero-order valence-corrected chi connectivity index (χ0v) is 16.9. The highest BCUT2D eigenvalue weighted by atomic mass is 16.5. The number of ether oxygens (including phenoxy) is 4. The molecule has 154 valence electrons. The minimum atomic E-state index is -0.609. The molecular formula is C22H25NO6. The minimum absolute atomic E-state index is 0.360. The molecule has 0 aromatic heterocycles. The number of hydrogen-bond donors (Lipinski definition) is 1. The van der Waals surface area contributed by atoms with Gasteiger partial charge in [0.25, 0.3) is 5.91 Å². The molecule has 0 fully saturated rings. The van der Waals surface area contributed by atoms with Crippen molar-refractivity contribution in [3.63, 3.8) is 0 Å². The number of carbonyl (C=O) groups is 2. The lowest BCUT2D eigenvalue weighted by atomic mass is 10.1. The first-order valence-corrected chi connectivity index (χ1v) is 8.97. The Hall–Kier alpha value is -3.48. The van der Waals surface area contributed by atoms with Crippen molar-refractivity contribution in [3.8, 4) is 17.2 Å². The van der Waals surface area contributed by atoms with E-state index in [1.54, 1.807) is 76.8 Å². The van der Waals surface area contributed by atoms with E-state index in [9.17, 15) is 9.59 Å². The first kappa shape index (κ1) is 21.8. The van der Waals surface area contributed by atoms with Gasteiger partial charge < -0.3 is 24.3 Å². The number of esters is 1. The van der Waals surface area contributed by atoms with Crippen LogP contribution in [0, 0.1) is 0 Å². The second-order valence-corrected chi connectivity index (χ2v) is 6.11. The summed E-state index contributed by atoms with van der Waals surface area (Å²) in [4.78, 5) is 24.0. The van der Waals surface area contributed by atoms with Crippen LogP contribution in [-0.2, 0) is 14.3 Å². The van der Waals surface area contributed by atoms with Gasteiger partial charge in [0.15, 0.2) is 6.61 Å². The van der Waals surface area contributed by atoms with Crippen molar-refractivity contribution >= 4 is 18.0 Å².